The van der Waals surface area contributed by atoms with Crippen LogP contribution in [-0.4, -0.2) is 5.71 Å². The lowest BCUT2D eigenvalue weighted by Crippen LogP contribution is -2.13. The highest BCUT2D eigenvalue weighted by molar-refractivity contribution is 6.37. The summed E-state index contributed by atoms with van der Waals surface area (Å²) in [5, 5.41) is 0. The average Bonchev–Trinajstić information content (AvgIpc) is 2.87. The molecule has 0 N–H and O–H groups in total. The second-order valence-electron chi connectivity index (χ2n) is 4.70. The molecular formula is C18H12N. The third kappa shape index (κ3) is 1.59. The van der Waals surface area contributed by atoms with E-state index in [1.165, 1.54) is 22.6 Å². The maximum Gasteiger partial charge on any atom is 0.0752 e. The third-order valence-electron chi connectivity index (χ3n) is 3.55. The number of hydrogen-bond acceptors (Lipinski definition) is 1. The summed E-state index contributed by atoms with van der Waals surface area (Å²) < 4.78 is 0. The Morgan fingerprint density at radius 3 is 2.47 bits per heavy atom. The van der Waals surface area contributed by atoms with Gasteiger partial charge < -0.3 is 0 Å². The lowest BCUT2D eigenvalue weighted by Gasteiger charge is -2.17. The van der Waals surface area contributed by atoms with Crippen LogP contribution in [0.25, 0.3) is 5.57 Å². The van der Waals surface area contributed by atoms with Crippen LogP contribution in [0.4, 0.5) is 5.69 Å². The number of fused-ring (bicyclic) bond motifs is 3. The van der Waals surface area contributed by atoms with E-state index >= 15 is 0 Å². The molecule has 0 aromatic heterocycles. The van der Waals surface area contributed by atoms with Crippen molar-refractivity contribution in [2.45, 2.75) is 0 Å². The van der Waals surface area contributed by atoms with Crippen LogP contribution < -0.4 is 0 Å². The zero-order valence-electron chi connectivity index (χ0n) is 10.4. The second-order valence-corrected chi connectivity index (χ2v) is 4.70. The van der Waals surface area contributed by atoms with Gasteiger partial charge in [0.15, 0.2) is 0 Å². The molecule has 2 aromatic rings. The van der Waals surface area contributed by atoms with Crippen LogP contribution in [0.2, 0.25) is 0 Å². The molecule has 1 aliphatic carbocycles. The van der Waals surface area contributed by atoms with Crippen LogP contribution in [0.3, 0.4) is 0 Å². The van der Waals surface area contributed by atoms with Crippen molar-refractivity contribution >= 4 is 17.0 Å². The average molecular weight is 242 g/mol. The van der Waals surface area contributed by atoms with Crippen molar-refractivity contribution in [3.63, 3.8) is 0 Å². The van der Waals surface area contributed by atoms with E-state index in [-0.39, 0.29) is 0 Å². The van der Waals surface area contributed by atoms with Gasteiger partial charge in [-0.1, -0.05) is 66.8 Å². The molecule has 0 saturated carbocycles. The molecule has 2 aliphatic rings. The summed E-state index contributed by atoms with van der Waals surface area (Å²) in [4.78, 5) is 4.79. The number of hydrogen-bond donors (Lipinski definition) is 0. The van der Waals surface area contributed by atoms with Crippen molar-refractivity contribution in [1.29, 1.82) is 0 Å². The molecule has 1 aliphatic heterocycles. The van der Waals surface area contributed by atoms with Gasteiger partial charge in [0.25, 0.3) is 0 Å². The van der Waals surface area contributed by atoms with Gasteiger partial charge in [-0.05, 0) is 11.6 Å². The van der Waals surface area contributed by atoms with Crippen LogP contribution in [0, 0.1) is 5.92 Å². The summed E-state index contributed by atoms with van der Waals surface area (Å²) in [7, 11) is 0. The largest absolute Gasteiger partial charge is 0.251 e. The van der Waals surface area contributed by atoms with Crippen molar-refractivity contribution in [2.24, 2.45) is 4.99 Å². The van der Waals surface area contributed by atoms with Gasteiger partial charge >= 0.3 is 0 Å². The molecule has 0 fully saturated rings. The monoisotopic (exact) mass is 242 g/mol. The van der Waals surface area contributed by atoms with E-state index in [9.17, 15) is 0 Å². The Balaban J connectivity index is 1.85. The summed E-state index contributed by atoms with van der Waals surface area (Å²) in [6.07, 6.45) is 6.40. The predicted molar refractivity (Wildman–Crippen MR) is 79.4 cm³/mol. The molecule has 0 atom stereocenters. The van der Waals surface area contributed by atoms with Gasteiger partial charge in [0.2, 0.25) is 0 Å². The summed E-state index contributed by atoms with van der Waals surface area (Å²) >= 11 is 0. The highest BCUT2D eigenvalue weighted by Gasteiger charge is 2.28. The standard InChI is InChI=1S/C18H12N/c1-2-7-13(8-3-1)14-10-6-11-16-15-9-4-5-12-17(15)19-18(14)16/h1-12H. The highest BCUT2D eigenvalue weighted by atomic mass is 14.8. The van der Waals surface area contributed by atoms with E-state index in [4.69, 9.17) is 4.99 Å². The topological polar surface area (TPSA) is 12.4 Å². The molecule has 89 valence electrons. The van der Waals surface area contributed by atoms with E-state index in [1.54, 1.807) is 0 Å². The smallest absolute Gasteiger partial charge is 0.0752 e. The fourth-order valence-corrected chi connectivity index (χ4v) is 2.65. The van der Waals surface area contributed by atoms with Crippen LogP contribution in [-0.2, 0) is 0 Å². The van der Waals surface area contributed by atoms with Gasteiger partial charge in [-0.15, -0.1) is 0 Å². The summed E-state index contributed by atoms with van der Waals surface area (Å²) in [5.41, 5.74) is 5.85. The van der Waals surface area contributed by atoms with Crippen LogP contribution >= 0.6 is 0 Å². The minimum atomic E-state index is 1.07. The molecule has 1 heterocycles. The summed E-state index contributed by atoms with van der Waals surface area (Å²) in [6.45, 7) is 0. The van der Waals surface area contributed by atoms with Gasteiger partial charge in [0.1, 0.15) is 0 Å². The lowest BCUT2D eigenvalue weighted by molar-refractivity contribution is 1.40. The number of benzene rings is 2. The predicted octanol–water partition coefficient (Wildman–Crippen LogP) is 4.35. The molecule has 0 bridgehead atoms. The number of aliphatic imine (C=N–C) groups is 1. The molecular weight excluding hydrogens is 230 g/mol. The van der Waals surface area contributed by atoms with Gasteiger partial charge in [-0.3, -0.25) is 4.99 Å². The molecule has 1 heteroatoms. The third-order valence-corrected chi connectivity index (χ3v) is 3.55. The Kier molecular flexibility index (Phi) is 2.25. The lowest BCUT2D eigenvalue weighted by atomic mass is 9.85. The number of allylic oxidation sites excluding steroid dienone is 4. The first kappa shape index (κ1) is 10.5. The van der Waals surface area contributed by atoms with E-state index in [1.807, 2.05) is 12.1 Å². The molecule has 0 spiro atoms. The quantitative estimate of drug-likeness (QED) is 0.705. The fraction of sp³-hybridized carbons (Fsp3) is 0. The molecule has 0 saturated heterocycles. The Hall–Kier alpha value is -2.41. The molecule has 0 amide bonds. The van der Waals surface area contributed by atoms with Crippen molar-refractivity contribution in [3.05, 3.63) is 89.9 Å². The van der Waals surface area contributed by atoms with E-state index in [0.29, 0.717) is 0 Å². The van der Waals surface area contributed by atoms with Crippen molar-refractivity contribution < 1.29 is 0 Å². The first-order chi connectivity index (χ1) is 9.43. The zero-order valence-corrected chi connectivity index (χ0v) is 10.4. The molecule has 1 nitrogen and oxygen atoms in total. The number of nitrogens with zero attached hydrogens (tertiary/aromatic N) is 1. The molecule has 19 heavy (non-hydrogen) atoms. The normalized spacial score (nSPS) is 16.6. The minimum absolute atomic E-state index is 1.07. The Labute approximate surface area is 112 Å². The van der Waals surface area contributed by atoms with E-state index in [2.05, 4.69) is 60.7 Å². The van der Waals surface area contributed by atoms with Gasteiger partial charge in [-0.2, -0.15) is 0 Å². The fourth-order valence-electron chi connectivity index (χ4n) is 2.65. The van der Waals surface area contributed by atoms with Crippen molar-refractivity contribution in [3.8, 4) is 0 Å². The summed E-state index contributed by atoms with van der Waals surface area (Å²) in [5.74, 6) is 1.20. The number of para-hydroxylation sites is 1. The van der Waals surface area contributed by atoms with E-state index in [0.717, 1.165) is 11.4 Å². The first-order valence-electron chi connectivity index (χ1n) is 6.43. The molecule has 1 radical (unpaired) electrons. The highest BCUT2D eigenvalue weighted by Crippen LogP contribution is 2.41. The van der Waals surface area contributed by atoms with E-state index < -0.39 is 0 Å². The SMILES string of the molecule is C1=C[C](c2ccccc2)C2=Nc3ccccc3C2=C1. The summed E-state index contributed by atoms with van der Waals surface area (Å²) in [6, 6.07) is 18.8. The Morgan fingerprint density at radius 2 is 1.58 bits per heavy atom. The molecule has 0 unspecified atom stereocenters. The van der Waals surface area contributed by atoms with Gasteiger partial charge in [-0.25, -0.2) is 0 Å². The Morgan fingerprint density at radius 1 is 0.789 bits per heavy atom. The van der Waals surface area contributed by atoms with Gasteiger partial charge in [0.05, 0.1) is 17.3 Å². The first-order valence-corrected chi connectivity index (χ1v) is 6.43. The van der Waals surface area contributed by atoms with Crippen LogP contribution in [0.5, 0.6) is 0 Å². The Bertz CT molecular complexity index is 720. The minimum Gasteiger partial charge on any atom is -0.251 e. The maximum atomic E-state index is 4.79. The van der Waals surface area contributed by atoms with Crippen LogP contribution in [0.1, 0.15) is 11.1 Å². The van der Waals surface area contributed by atoms with Gasteiger partial charge in [0, 0.05) is 11.1 Å². The number of rotatable bonds is 1. The van der Waals surface area contributed by atoms with Crippen molar-refractivity contribution in [2.75, 3.05) is 0 Å². The van der Waals surface area contributed by atoms with Crippen molar-refractivity contribution in [1.82, 2.24) is 0 Å². The second kappa shape index (κ2) is 4.06. The maximum absolute atomic E-state index is 4.79. The van der Waals surface area contributed by atoms with Crippen LogP contribution in [0.15, 0.2) is 77.8 Å². The molecule has 4 rings (SSSR count). The zero-order chi connectivity index (χ0) is 12.7. The molecule has 2 aromatic carbocycles.